The Bertz CT molecular complexity index is 265. The molecule has 2 fully saturated rings. The smallest absolute Gasteiger partial charge is 0.0477 e. The van der Waals surface area contributed by atoms with E-state index in [4.69, 9.17) is 4.74 Å². The van der Waals surface area contributed by atoms with Gasteiger partial charge in [-0.25, -0.2) is 0 Å². The van der Waals surface area contributed by atoms with E-state index in [9.17, 15) is 0 Å². The minimum Gasteiger partial charge on any atom is -0.385 e. The third kappa shape index (κ3) is 4.44. The summed E-state index contributed by atoms with van der Waals surface area (Å²) in [7, 11) is 1.81. The van der Waals surface area contributed by atoms with Crippen molar-refractivity contribution in [1.82, 2.24) is 10.2 Å². The van der Waals surface area contributed by atoms with Gasteiger partial charge in [0.05, 0.1) is 0 Å². The molecule has 1 aliphatic carbocycles. The molecule has 1 N–H and O–H groups in total. The molecular formula is C16H32N2O. The van der Waals surface area contributed by atoms with Crippen LogP contribution in [0.25, 0.3) is 0 Å². The van der Waals surface area contributed by atoms with Crippen LogP contribution in [0.2, 0.25) is 0 Å². The van der Waals surface area contributed by atoms with E-state index in [1.807, 2.05) is 7.11 Å². The van der Waals surface area contributed by atoms with Crippen molar-refractivity contribution in [2.45, 2.75) is 64.6 Å². The van der Waals surface area contributed by atoms with E-state index >= 15 is 0 Å². The fourth-order valence-corrected chi connectivity index (χ4v) is 3.42. The Morgan fingerprint density at radius 1 is 1.26 bits per heavy atom. The first-order valence-electron chi connectivity index (χ1n) is 8.09. The van der Waals surface area contributed by atoms with Gasteiger partial charge in [-0.3, -0.25) is 4.90 Å². The van der Waals surface area contributed by atoms with Crippen LogP contribution in [0.4, 0.5) is 0 Å². The van der Waals surface area contributed by atoms with Crippen molar-refractivity contribution in [1.29, 1.82) is 0 Å². The zero-order valence-corrected chi connectivity index (χ0v) is 13.2. The summed E-state index contributed by atoms with van der Waals surface area (Å²) in [5.74, 6) is 1.73. The standard InChI is InChI=1S/C16H32N2O/c1-12(2)9-15-10-17-16(14-5-6-14)11-18(15)13(3)7-8-19-4/h12-17H,5-11H2,1-4H3. The van der Waals surface area contributed by atoms with Gasteiger partial charge in [0.25, 0.3) is 0 Å². The summed E-state index contributed by atoms with van der Waals surface area (Å²) in [5.41, 5.74) is 0. The van der Waals surface area contributed by atoms with Gasteiger partial charge >= 0.3 is 0 Å². The van der Waals surface area contributed by atoms with E-state index in [1.165, 1.54) is 32.4 Å². The van der Waals surface area contributed by atoms with Crippen LogP contribution < -0.4 is 5.32 Å². The zero-order valence-electron chi connectivity index (χ0n) is 13.2. The molecule has 3 unspecified atom stereocenters. The Labute approximate surface area is 119 Å². The second kappa shape index (κ2) is 7.05. The molecule has 1 saturated heterocycles. The molecule has 0 bridgehead atoms. The lowest BCUT2D eigenvalue weighted by molar-refractivity contribution is 0.0540. The molecule has 0 aromatic carbocycles. The van der Waals surface area contributed by atoms with Gasteiger partial charge in [0.15, 0.2) is 0 Å². The van der Waals surface area contributed by atoms with Gasteiger partial charge in [-0.1, -0.05) is 13.8 Å². The molecule has 1 saturated carbocycles. The Hall–Kier alpha value is -0.120. The molecule has 3 heteroatoms. The lowest BCUT2D eigenvalue weighted by Crippen LogP contribution is -2.60. The Balaban J connectivity index is 1.92. The second-order valence-electron chi connectivity index (χ2n) is 6.96. The van der Waals surface area contributed by atoms with Gasteiger partial charge in [-0.2, -0.15) is 0 Å². The highest BCUT2D eigenvalue weighted by atomic mass is 16.5. The molecule has 1 heterocycles. The number of hydrogen-bond donors (Lipinski definition) is 1. The van der Waals surface area contributed by atoms with Crippen molar-refractivity contribution in [3.8, 4) is 0 Å². The van der Waals surface area contributed by atoms with Gasteiger partial charge in [0, 0.05) is 44.9 Å². The fraction of sp³-hybridized carbons (Fsp3) is 1.00. The molecule has 1 aliphatic heterocycles. The van der Waals surface area contributed by atoms with Crippen LogP contribution in [0.15, 0.2) is 0 Å². The third-order valence-electron chi connectivity index (χ3n) is 4.73. The largest absolute Gasteiger partial charge is 0.385 e. The molecule has 3 atom stereocenters. The van der Waals surface area contributed by atoms with E-state index in [2.05, 4.69) is 31.0 Å². The minimum absolute atomic E-state index is 0.645. The summed E-state index contributed by atoms with van der Waals surface area (Å²) in [5, 5.41) is 3.80. The molecule has 19 heavy (non-hydrogen) atoms. The SMILES string of the molecule is COCCC(C)N1CC(C2CC2)NCC1CC(C)C. The summed E-state index contributed by atoms with van der Waals surface area (Å²) in [6.45, 7) is 10.4. The molecule has 2 rings (SSSR count). The normalized spacial score (nSPS) is 30.8. The van der Waals surface area contributed by atoms with Crippen molar-refractivity contribution >= 4 is 0 Å². The highest BCUT2D eigenvalue weighted by Crippen LogP contribution is 2.35. The number of rotatable bonds is 7. The van der Waals surface area contributed by atoms with Gasteiger partial charge in [-0.15, -0.1) is 0 Å². The van der Waals surface area contributed by atoms with E-state index in [-0.39, 0.29) is 0 Å². The average molecular weight is 268 g/mol. The van der Waals surface area contributed by atoms with Crippen molar-refractivity contribution in [2.75, 3.05) is 26.8 Å². The first-order valence-corrected chi connectivity index (χ1v) is 8.09. The highest BCUT2D eigenvalue weighted by molar-refractivity contribution is 4.96. The fourth-order valence-electron chi connectivity index (χ4n) is 3.42. The number of nitrogens with one attached hydrogen (secondary N) is 1. The van der Waals surface area contributed by atoms with Crippen molar-refractivity contribution in [3.05, 3.63) is 0 Å². The highest BCUT2D eigenvalue weighted by Gasteiger charge is 2.38. The van der Waals surface area contributed by atoms with Crippen molar-refractivity contribution in [2.24, 2.45) is 11.8 Å². The summed E-state index contributed by atoms with van der Waals surface area (Å²) >= 11 is 0. The predicted molar refractivity (Wildman–Crippen MR) is 80.4 cm³/mol. The molecule has 0 amide bonds. The monoisotopic (exact) mass is 268 g/mol. The van der Waals surface area contributed by atoms with Crippen LogP contribution in [0.3, 0.4) is 0 Å². The molecule has 2 aliphatic rings. The topological polar surface area (TPSA) is 24.5 Å². The molecule has 0 aromatic rings. The van der Waals surface area contributed by atoms with Gasteiger partial charge in [0.2, 0.25) is 0 Å². The second-order valence-corrected chi connectivity index (χ2v) is 6.96. The van der Waals surface area contributed by atoms with Crippen molar-refractivity contribution in [3.63, 3.8) is 0 Å². The molecular weight excluding hydrogens is 236 g/mol. The van der Waals surface area contributed by atoms with Crippen LogP contribution >= 0.6 is 0 Å². The predicted octanol–water partition coefficient (Wildman–Crippen LogP) is 2.51. The summed E-state index contributed by atoms with van der Waals surface area (Å²) in [6.07, 6.45) is 5.34. The summed E-state index contributed by atoms with van der Waals surface area (Å²) in [4.78, 5) is 2.76. The number of piperazine rings is 1. The molecule has 3 nitrogen and oxygen atoms in total. The maximum atomic E-state index is 5.26. The van der Waals surface area contributed by atoms with E-state index in [0.29, 0.717) is 12.1 Å². The summed E-state index contributed by atoms with van der Waals surface area (Å²) < 4.78 is 5.26. The number of hydrogen-bond acceptors (Lipinski definition) is 3. The first kappa shape index (κ1) is 15.3. The maximum Gasteiger partial charge on any atom is 0.0477 e. The van der Waals surface area contributed by atoms with Crippen LogP contribution in [-0.2, 0) is 4.74 Å². The lowest BCUT2D eigenvalue weighted by Gasteiger charge is -2.44. The van der Waals surface area contributed by atoms with Crippen molar-refractivity contribution < 1.29 is 4.74 Å². The third-order valence-corrected chi connectivity index (χ3v) is 4.73. The quantitative estimate of drug-likeness (QED) is 0.768. The first-order chi connectivity index (χ1) is 9.11. The minimum atomic E-state index is 0.645. The lowest BCUT2D eigenvalue weighted by atomic mass is 9.95. The summed E-state index contributed by atoms with van der Waals surface area (Å²) in [6, 6.07) is 2.10. The molecule has 0 aromatic heterocycles. The Kier molecular flexibility index (Phi) is 5.67. The zero-order chi connectivity index (χ0) is 13.8. The number of nitrogens with zero attached hydrogens (tertiary/aromatic N) is 1. The van der Waals surface area contributed by atoms with Crippen LogP contribution in [0.5, 0.6) is 0 Å². The molecule has 0 spiro atoms. The van der Waals surface area contributed by atoms with E-state index in [1.54, 1.807) is 0 Å². The molecule has 0 radical (unpaired) electrons. The van der Waals surface area contributed by atoms with Crippen LogP contribution in [0.1, 0.15) is 46.5 Å². The maximum absolute atomic E-state index is 5.26. The van der Waals surface area contributed by atoms with Crippen LogP contribution in [0, 0.1) is 11.8 Å². The molecule has 112 valence electrons. The van der Waals surface area contributed by atoms with Gasteiger partial charge < -0.3 is 10.1 Å². The van der Waals surface area contributed by atoms with Gasteiger partial charge in [-0.05, 0) is 44.4 Å². The van der Waals surface area contributed by atoms with Gasteiger partial charge in [0.1, 0.15) is 0 Å². The number of ether oxygens (including phenoxy) is 1. The van der Waals surface area contributed by atoms with Crippen LogP contribution in [-0.4, -0.2) is 49.8 Å². The average Bonchev–Trinajstić information content (AvgIpc) is 3.20. The Morgan fingerprint density at radius 2 is 2.00 bits per heavy atom. The van der Waals surface area contributed by atoms with E-state index in [0.717, 1.165) is 30.9 Å². The number of methoxy groups -OCH3 is 1. The van der Waals surface area contributed by atoms with E-state index < -0.39 is 0 Å². The Morgan fingerprint density at radius 3 is 2.58 bits per heavy atom.